The fourth-order valence-electron chi connectivity index (χ4n) is 3.86. The number of hydrogen-bond acceptors (Lipinski definition) is 4. The Labute approximate surface area is 209 Å². The van der Waals surface area contributed by atoms with Crippen molar-refractivity contribution < 1.29 is 27.7 Å². The quantitative estimate of drug-likeness (QED) is 0.269. The van der Waals surface area contributed by atoms with Gasteiger partial charge in [0.2, 0.25) is 0 Å². The van der Waals surface area contributed by atoms with Crippen LogP contribution in [0, 0.1) is 5.82 Å². The molecule has 3 aromatic carbocycles. The van der Waals surface area contributed by atoms with Gasteiger partial charge in [-0.3, -0.25) is 0 Å². The zero-order valence-electron chi connectivity index (χ0n) is 18.7. The second kappa shape index (κ2) is 10.5. The molecule has 1 unspecified atom stereocenters. The molecule has 0 aliphatic heterocycles. The summed E-state index contributed by atoms with van der Waals surface area (Å²) in [5.41, 5.74) is 1.75. The van der Waals surface area contributed by atoms with Crippen molar-refractivity contribution in [2.24, 2.45) is 0 Å². The maximum Gasteiger partial charge on any atom is 0.387 e. The Morgan fingerprint density at radius 2 is 1.89 bits per heavy atom. The number of nitrogens with zero attached hydrogens (tertiary/aromatic N) is 1. The molecule has 4 rings (SSSR count). The van der Waals surface area contributed by atoms with Crippen LogP contribution < -0.4 is 10.2 Å². The van der Waals surface area contributed by atoms with Crippen LogP contribution in [0.15, 0.2) is 48.5 Å². The van der Waals surface area contributed by atoms with E-state index in [0.29, 0.717) is 17.6 Å². The van der Waals surface area contributed by atoms with Crippen LogP contribution in [0.1, 0.15) is 24.4 Å². The molecule has 11 heteroatoms. The maximum atomic E-state index is 14.8. The molecule has 2 N–H and O–H groups in total. The highest BCUT2D eigenvalue weighted by Gasteiger charge is 2.24. The van der Waals surface area contributed by atoms with E-state index in [4.69, 9.17) is 27.9 Å². The molecule has 0 amide bonds. The van der Waals surface area contributed by atoms with E-state index in [1.165, 1.54) is 24.3 Å². The first-order chi connectivity index (χ1) is 16.7. The Balaban J connectivity index is 1.75. The Morgan fingerprint density at radius 1 is 1.14 bits per heavy atom. The summed E-state index contributed by atoms with van der Waals surface area (Å²) >= 11 is 13.0. The first kappa shape index (κ1) is 25.4. The second-order valence-corrected chi connectivity index (χ2v) is 8.51. The average Bonchev–Trinajstić information content (AvgIpc) is 3.24. The van der Waals surface area contributed by atoms with Gasteiger partial charge in [-0.2, -0.15) is 8.78 Å². The Morgan fingerprint density at radius 3 is 2.57 bits per heavy atom. The molecule has 0 bridgehead atoms. The summed E-state index contributed by atoms with van der Waals surface area (Å²) in [6, 6.07) is 12.0. The number of halogens is 5. The number of alkyl halides is 2. The Bertz CT molecular complexity index is 1370. The number of nitrogens with one attached hydrogen (secondary N) is 1. The third-order valence-corrected chi connectivity index (χ3v) is 6.19. The van der Waals surface area contributed by atoms with Gasteiger partial charge in [-0.1, -0.05) is 60.4 Å². The lowest BCUT2D eigenvalue weighted by Gasteiger charge is -2.13. The molecule has 1 aromatic heterocycles. The summed E-state index contributed by atoms with van der Waals surface area (Å²) in [5, 5.41) is 11.1. The van der Waals surface area contributed by atoms with Gasteiger partial charge in [0.1, 0.15) is 29.0 Å². The van der Waals surface area contributed by atoms with Crippen LogP contribution in [0.2, 0.25) is 16.9 Å². The van der Waals surface area contributed by atoms with Crippen molar-refractivity contribution in [3.05, 3.63) is 75.8 Å². The van der Waals surface area contributed by atoms with Gasteiger partial charge in [0.15, 0.2) is 0 Å². The van der Waals surface area contributed by atoms with Gasteiger partial charge < -0.3 is 19.5 Å². The lowest BCUT2D eigenvalue weighted by Crippen LogP contribution is -2.30. The average molecular weight is 523 g/mol. The molecule has 0 aliphatic carbocycles. The fourth-order valence-corrected chi connectivity index (χ4v) is 4.56. The van der Waals surface area contributed by atoms with Gasteiger partial charge in [0.25, 0.3) is 0 Å². The zero-order valence-corrected chi connectivity index (χ0v) is 20.2. The number of H-pyrrole nitrogens is 1. The lowest BCUT2D eigenvalue weighted by molar-refractivity contribution is -0.0494. The van der Waals surface area contributed by atoms with E-state index in [0.717, 1.165) is 0 Å². The normalized spacial score (nSPS) is 12.4. The minimum Gasteiger partial charge on any atom is -0.434 e. The maximum absolute atomic E-state index is 14.8. The summed E-state index contributed by atoms with van der Waals surface area (Å²) in [5.74, 6) is -0.688. The van der Waals surface area contributed by atoms with Gasteiger partial charge in [-0.25, -0.2) is 9.37 Å². The van der Waals surface area contributed by atoms with Gasteiger partial charge in [-0.15, -0.1) is 0 Å². The van der Waals surface area contributed by atoms with E-state index in [-0.39, 0.29) is 50.7 Å². The lowest BCUT2D eigenvalue weighted by atomic mass is 9.63. The van der Waals surface area contributed by atoms with Crippen LogP contribution >= 0.6 is 23.2 Å². The molecule has 0 aliphatic rings. The molecule has 1 heterocycles. The van der Waals surface area contributed by atoms with Gasteiger partial charge in [0, 0.05) is 23.3 Å². The van der Waals surface area contributed by atoms with Crippen LogP contribution in [-0.2, 0) is 4.65 Å². The van der Waals surface area contributed by atoms with Crippen molar-refractivity contribution in [3.63, 3.8) is 0 Å². The summed E-state index contributed by atoms with van der Waals surface area (Å²) in [4.78, 5) is 7.27. The summed E-state index contributed by atoms with van der Waals surface area (Å²) in [6.07, 6.45) is -1.42. The molecule has 182 valence electrons. The van der Waals surface area contributed by atoms with E-state index in [1.807, 2.05) is 6.92 Å². The molecule has 0 saturated carbocycles. The molecule has 5 nitrogen and oxygen atoms in total. The molecule has 4 aromatic rings. The predicted octanol–water partition coefficient (Wildman–Crippen LogP) is 6.22. The van der Waals surface area contributed by atoms with Crippen LogP contribution in [0.4, 0.5) is 13.2 Å². The van der Waals surface area contributed by atoms with Gasteiger partial charge in [0.05, 0.1) is 15.6 Å². The molecule has 0 spiro atoms. The Hall–Kier alpha value is -2.72. The van der Waals surface area contributed by atoms with Crippen molar-refractivity contribution in [1.82, 2.24) is 9.97 Å². The first-order valence-electron chi connectivity index (χ1n) is 10.7. The van der Waals surface area contributed by atoms with Crippen molar-refractivity contribution in [2.75, 3.05) is 6.61 Å². The second-order valence-electron chi connectivity index (χ2n) is 7.72. The number of imidazole rings is 1. The molecule has 0 saturated heterocycles. The summed E-state index contributed by atoms with van der Waals surface area (Å²) in [7, 11) is 0. The largest absolute Gasteiger partial charge is 0.434 e. The third kappa shape index (κ3) is 5.13. The number of fused-ring (bicyclic) bond motifs is 1. The summed E-state index contributed by atoms with van der Waals surface area (Å²) in [6.45, 7) is 0.794. The summed E-state index contributed by atoms with van der Waals surface area (Å²) < 4.78 is 50.7. The zero-order chi connectivity index (χ0) is 25.3. The van der Waals surface area contributed by atoms with Crippen molar-refractivity contribution in [2.45, 2.75) is 26.5 Å². The highest BCUT2D eigenvalue weighted by Crippen LogP contribution is 2.43. The van der Waals surface area contributed by atoms with E-state index in [1.54, 1.807) is 31.1 Å². The number of benzene rings is 3. The third-order valence-electron chi connectivity index (χ3n) is 5.52. The van der Waals surface area contributed by atoms with Crippen LogP contribution in [-0.4, -0.2) is 35.2 Å². The minimum absolute atomic E-state index is 0.00891. The van der Waals surface area contributed by atoms with Crippen molar-refractivity contribution >= 4 is 46.6 Å². The number of para-hydroxylation sites is 1. The van der Waals surface area contributed by atoms with E-state index in [2.05, 4.69) is 14.7 Å². The monoisotopic (exact) mass is 522 g/mol. The number of ether oxygens (including phenoxy) is 1. The smallest absolute Gasteiger partial charge is 0.387 e. The number of aromatic amines is 1. The fraction of sp³-hybridized carbons (Fsp3) is 0.208. The molecule has 1 atom stereocenters. The van der Waals surface area contributed by atoms with Gasteiger partial charge in [-0.05, 0) is 30.6 Å². The number of hydrogen-bond donors (Lipinski definition) is 2. The van der Waals surface area contributed by atoms with Crippen LogP contribution in [0.25, 0.3) is 22.2 Å². The predicted molar refractivity (Wildman–Crippen MR) is 132 cm³/mol. The molecular formula is C24H20BCl2F3N2O3. The molecule has 0 fully saturated rings. The van der Waals surface area contributed by atoms with Crippen LogP contribution in [0.5, 0.6) is 5.75 Å². The SMILES string of the molecule is CCOB(C)c1ccc(C(O)c2nc3c(Cl)c(-c4ccccc4OC(F)F)c(Cl)cc3[nH]2)c(F)c1. The number of aromatic nitrogens is 2. The standard InChI is InChI=1S/C24H20BCl2F3N2O3/c1-3-34-25(2)12-8-9-13(16(28)10-12)22(33)23-31-17-11-15(26)19(20(27)21(17)32-23)14-6-4-5-7-18(14)35-24(29)30/h4-11,22,24,33H,3H2,1-2H3,(H,31,32). The molecule has 0 radical (unpaired) electrons. The first-order valence-corrected chi connectivity index (χ1v) is 11.5. The Kier molecular flexibility index (Phi) is 7.61. The highest BCUT2D eigenvalue weighted by molar-refractivity contribution is 6.66. The van der Waals surface area contributed by atoms with E-state index >= 15 is 0 Å². The van der Waals surface area contributed by atoms with Crippen molar-refractivity contribution in [3.8, 4) is 16.9 Å². The highest BCUT2D eigenvalue weighted by atomic mass is 35.5. The molecular weight excluding hydrogens is 503 g/mol. The number of aliphatic hydroxyl groups is 1. The number of aliphatic hydroxyl groups excluding tert-OH is 1. The van der Waals surface area contributed by atoms with Crippen molar-refractivity contribution in [1.29, 1.82) is 0 Å². The molecule has 35 heavy (non-hydrogen) atoms. The van der Waals surface area contributed by atoms with Gasteiger partial charge >= 0.3 is 13.5 Å². The topological polar surface area (TPSA) is 67.4 Å². The van der Waals surface area contributed by atoms with E-state index < -0.39 is 18.5 Å². The van der Waals surface area contributed by atoms with E-state index in [9.17, 15) is 18.3 Å². The minimum atomic E-state index is -3.04. The van der Waals surface area contributed by atoms with Crippen LogP contribution in [0.3, 0.4) is 0 Å². The number of rotatable bonds is 8.